The van der Waals surface area contributed by atoms with Crippen LogP contribution in [0.5, 0.6) is 5.75 Å². The average molecular weight is 261 g/mol. The summed E-state index contributed by atoms with van der Waals surface area (Å²) in [6, 6.07) is 6.53. The van der Waals surface area contributed by atoms with Crippen LogP contribution in [0.4, 0.5) is 0 Å². The second-order valence-corrected chi connectivity index (χ2v) is 5.07. The fourth-order valence-corrected chi connectivity index (χ4v) is 1.95. The zero-order valence-electron chi connectivity index (χ0n) is 12.0. The number of aromatic nitrogens is 2. The van der Waals surface area contributed by atoms with E-state index >= 15 is 0 Å². The summed E-state index contributed by atoms with van der Waals surface area (Å²) in [5, 5.41) is 3.39. The maximum Gasteiger partial charge on any atom is 0.121 e. The van der Waals surface area contributed by atoms with E-state index in [4.69, 9.17) is 4.74 Å². The molecule has 1 aromatic carbocycles. The van der Waals surface area contributed by atoms with Gasteiger partial charge in [-0.15, -0.1) is 0 Å². The molecule has 0 saturated carbocycles. The van der Waals surface area contributed by atoms with Gasteiger partial charge in [-0.05, 0) is 18.6 Å². The summed E-state index contributed by atoms with van der Waals surface area (Å²) in [6.07, 6.45) is 1.94. The molecule has 1 aromatic heterocycles. The van der Waals surface area contributed by atoms with E-state index in [0.717, 1.165) is 48.6 Å². The van der Waals surface area contributed by atoms with Crippen molar-refractivity contribution < 1.29 is 4.74 Å². The van der Waals surface area contributed by atoms with E-state index in [-0.39, 0.29) is 0 Å². The lowest BCUT2D eigenvalue weighted by molar-refractivity contribution is 0.318. The highest BCUT2D eigenvalue weighted by molar-refractivity contribution is 5.76. The SMILES string of the molecule is CCCOc1ccc2nc(CCNC(C)C)[nH]c2c1. The average Bonchev–Trinajstić information content (AvgIpc) is 2.77. The van der Waals surface area contributed by atoms with Gasteiger partial charge < -0.3 is 15.0 Å². The Hall–Kier alpha value is -1.55. The Morgan fingerprint density at radius 3 is 2.95 bits per heavy atom. The Balaban J connectivity index is 2.03. The van der Waals surface area contributed by atoms with Gasteiger partial charge in [0.1, 0.15) is 11.6 Å². The molecular formula is C15H23N3O. The molecule has 0 radical (unpaired) electrons. The molecular weight excluding hydrogens is 238 g/mol. The fraction of sp³-hybridized carbons (Fsp3) is 0.533. The summed E-state index contributed by atoms with van der Waals surface area (Å²) >= 11 is 0. The van der Waals surface area contributed by atoms with Crippen LogP contribution >= 0.6 is 0 Å². The van der Waals surface area contributed by atoms with Crippen LogP contribution in [-0.2, 0) is 6.42 Å². The van der Waals surface area contributed by atoms with Gasteiger partial charge in [-0.25, -0.2) is 4.98 Å². The fourth-order valence-electron chi connectivity index (χ4n) is 1.95. The van der Waals surface area contributed by atoms with Gasteiger partial charge in [-0.3, -0.25) is 0 Å². The summed E-state index contributed by atoms with van der Waals surface area (Å²) < 4.78 is 5.62. The first-order valence-electron chi connectivity index (χ1n) is 7.04. The summed E-state index contributed by atoms with van der Waals surface area (Å²) in [4.78, 5) is 7.93. The maximum absolute atomic E-state index is 5.62. The number of benzene rings is 1. The van der Waals surface area contributed by atoms with Gasteiger partial charge in [0.25, 0.3) is 0 Å². The van der Waals surface area contributed by atoms with Crippen LogP contribution in [0.3, 0.4) is 0 Å². The molecule has 1 heterocycles. The van der Waals surface area contributed by atoms with Crippen LogP contribution in [0.25, 0.3) is 11.0 Å². The predicted octanol–water partition coefficient (Wildman–Crippen LogP) is 2.89. The molecule has 0 atom stereocenters. The van der Waals surface area contributed by atoms with Crippen molar-refractivity contribution in [2.75, 3.05) is 13.2 Å². The van der Waals surface area contributed by atoms with E-state index in [0.29, 0.717) is 6.04 Å². The summed E-state index contributed by atoms with van der Waals surface area (Å²) in [5.74, 6) is 1.93. The highest BCUT2D eigenvalue weighted by atomic mass is 16.5. The van der Waals surface area contributed by atoms with Crippen LogP contribution in [0.1, 0.15) is 33.0 Å². The molecule has 0 aliphatic heterocycles. The lowest BCUT2D eigenvalue weighted by atomic mass is 10.3. The number of hydrogen-bond acceptors (Lipinski definition) is 3. The third-order valence-corrected chi connectivity index (χ3v) is 2.89. The molecule has 104 valence electrons. The van der Waals surface area contributed by atoms with Crippen molar-refractivity contribution in [3.8, 4) is 5.75 Å². The first kappa shape index (κ1) is 13.9. The molecule has 0 unspecified atom stereocenters. The largest absolute Gasteiger partial charge is 0.494 e. The molecule has 0 saturated heterocycles. The lowest BCUT2D eigenvalue weighted by Gasteiger charge is -2.05. The third-order valence-electron chi connectivity index (χ3n) is 2.89. The van der Waals surface area contributed by atoms with Gasteiger partial charge in [-0.2, -0.15) is 0 Å². The van der Waals surface area contributed by atoms with Crippen molar-refractivity contribution in [3.05, 3.63) is 24.0 Å². The number of imidazole rings is 1. The number of H-pyrrole nitrogens is 1. The van der Waals surface area contributed by atoms with Crippen LogP contribution in [0.15, 0.2) is 18.2 Å². The number of rotatable bonds is 7. The molecule has 4 heteroatoms. The Morgan fingerprint density at radius 1 is 1.37 bits per heavy atom. The second kappa shape index (κ2) is 6.57. The number of hydrogen-bond donors (Lipinski definition) is 2. The Morgan fingerprint density at radius 2 is 2.21 bits per heavy atom. The van der Waals surface area contributed by atoms with Crippen LogP contribution < -0.4 is 10.1 Å². The Labute approximate surface area is 114 Å². The summed E-state index contributed by atoms with van der Waals surface area (Å²) in [5.41, 5.74) is 2.05. The number of nitrogens with zero attached hydrogens (tertiary/aromatic N) is 1. The predicted molar refractivity (Wildman–Crippen MR) is 78.7 cm³/mol. The molecule has 0 bridgehead atoms. The highest BCUT2D eigenvalue weighted by Crippen LogP contribution is 2.19. The van der Waals surface area contributed by atoms with Gasteiger partial charge in [0.15, 0.2) is 0 Å². The normalized spacial score (nSPS) is 11.4. The summed E-state index contributed by atoms with van der Waals surface area (Å²) in [7, 11) is 0. The molecule has 2 aromatic rings. The van der Waals surface area contributed by atoms with Gasteiger partial charge in [0.05, 0.1) is 17.6 Å². The van der Waals surface area contributed by atoms with E-state index < -0.39 is 0 Å². The van der Waals surface area contributed by atoms with Gasteiger partial charge in [0, 0.05) is 25.1 Å². The van der Waals surface area contributed by atoms with Gasteiger partial charge in [0.2, 0.25) is 0 Å². The molecule has 4 nitrogen and oxygen atoms in total. The van der Waals surface area contributed by atoms with Crippen molar-refractivity contribution in [3.63, 3.8) is 0 Å². The minimum Gasteiger partial charge on any atom is -0.494 e. The van der Waals surface area contributed by atoms with Crippen molar-refractivity contribution in [2.24, 2.45) is 0 Å². The highest BCUT2D eigenvalue weighted by Gasteiger charge is 2.04. The first-order valence-corrected chi connectivity index (χ1v) is 7.04. The van der Waals surface area contributed by atoms with E-state index in [1.165, 1.54) is 0 Å². The standard InChI is InChI=1S/C15H23N3O/c1-4-9-19-12-5-6-13-14(10-12)18-15(17-13)7-8-16-11(2)3/h5-6,10-11,16H,4,7-9H2,1-3H3,(H,17,18). The van der Waals surface area contributed by atoms with Crippen LogP contribution in [0, 0.1) is 0 Å². The molecule has 0 fully saturated rings. The third kappa shape index (κ3) is 3.96. The quantitative estimate of drug-likeness (QED) is 0.805. The second-order valence-electron chi connectivity index (χ2n) is 5.07. The minimum atomic E-state index is 0.512. The Kier molecular flexibility index (Phi) is 4.80. The molecule has 2 rings (SSSR count). The molecule has 2 N–H and O–H groups in total. The molecule has 0 aliphatic rings. The van der Waals surface area contributed by atoms with E-state index in [1.54, 1.807) is 0 Å². The van der Waals surface area contributed by atoms with Crippen molar-refractivity contribution in [2.45, 2.75) is 39.7 Å². The summed E-state index contributed by atoms with van der Waals surface area (Å²) in [6.45, 7) is 8.10. The molecule has 19 heavy (non-hydrogen) atoms. The van der Waals surface area contributed by atoms with E-state index in [1.807, 2.05) is 18.2 Å². The van der Waals surface area contributed by atoms with Gasteiger partial charge in [-0.1, -0.05) is 20.8 Å². The van der Waals surface area contributed by atoms with Crippen molar-refractivity contribution in [1.82, 2.24) is 15.3 Å². The Bertz CT molecular complexity index is 519. The number of nitrogens with one attached hydrogen (secondary N) is 2. The van der Waals surface area contributed by atoms with Crippen molar-refractivity contribution >= 4 is 11.0 Å². The number of fused-ring (bicyclic) bond motifs is 1. The zero-order valence-corrected chi connectivity index (χ0v) is 12.0. The maximum atomic E-state index is 5.62. The van der Waals surface area contributed by atoms with E-state index in [2.05, 4.69) is 36.1 Å². The monoisotopic (exact) mass is 261 g/mol. The van der Waals surface area contributed by atoms with Gasteiger partial charge >= 0.3 is 0 Å². The molecule has 0 spiro atoms. The van der Waals surface area contributed by atoms with Crippen molar-refractivity contribution in [1.29, 1.82) is 0 Å². The zero-order chi connectivity index (χ0) is 13.7. The van der Waals surface area contributed by atoms with Crippen LogP contribution in [-0.4, -0.2) is 29.2 Å². The van der Waals surface area contributed by atoms with E-state index in [9.17, 15) is 0 Å². The van der Waals surface area contributed by atoms with Crippen LogP contribution in [0.2, 0.25) is 0 Å². The minimum absolute atomic E-state index is 0.512. The number of aromatic amines is 1. The molecule has 0 amide bonds. The number of ether oxygens (including phenoxy) is 1. The molecule has 0 aliphatic carbocycles. The first-order chi connectivity index (χ1) is 9.19. The lowest BCUT2D eigenvalue weighted by Crippen LogP contribution is -2.25. The smallest absolute Gasteiger partial charge is 0.121 e. The topological polar surface area (TPSA) is 49.9 Å².